The summed E-state index contributed by atoms with van der Waals surface area (Å²) in [7, 11) is 1.78. The number of halogens is 2. The van der Waals surface area contributed by atoms with Crippen molar-refractivity contribution < 1.29 is 4.74 Å². The fourth-order valence-corrected chi connectivity index (χ4v) is 3.14. The summed E-state index contributed by atoms with van der Waals surface area (Å²) in [5.41, 5.74) is 1.80. The zero-order valence-corrected chi connectivity index (χ0v) is 12.3. The van der Waals surface area contributed by atoms with E-state index in [2.05, 4.69) is 9.55 Å². The van der Waals surface area contributed by atoms with Crippen LogP contribution in [-0.4, -0.2) is 22.3 Å². The molecule has 0 spiro atoms. The highest BCUT2D eigenvalue weighted by atomic mass is 35.5. The average molecular weight is 299 g/mol. The second-order valence-corrected chi connectivity index (χ2v) is 5.77. The maximum absolute atomic E-state index is 6.20. The molecular weight excluding hydrogens is 283 g/mol. The number of aromatic nitrogens is 2. The molecule has 0 amide bonds. The van der Waals surface area contributed by atoms with Gasteiger partial charge >= 0.3 is 0 Å². The predicted molar refractivity (Wildman–Crippen MR) is 77.9 cm³/mol. The second kappa shape index (κ2) is 4.97. The molecule has 0 unspecified atom stereocenters. The highest BCUT2D eigenvalue weighted by molar-refractivity contribution is 6.35. The van der Waals surface area contributed by atoms with Gasteiger partial charge in [0, 0.05) is 7.11 Å². The quantitative estimate of drug-likeness (QED) is 0.798. The van der Waals surface area contributed by atoms with Crippen LogP contribution in [0.15, 0.2) is 18.2 Å². The monoisotopic (exact) mass is 298 g/mol. The molecule has 0 radical (unpaired) electrons. The molecule has 1 aliphatic rings. The highest BCUT2D eigenvalue weighted by Gasteiger charge is 2.38. The number of alkyl halides is 1. The zero-order chi connectivity index (χ0) is 13.5. The minimum Gasteiger partial charge on any atom is -0.376 e. The van der Waals surface area contributed by atoms with Gasteiger partial charge in [-0.2, -0.15) is 0 Å². The lowest BCUT2D eigenvalue weighted by molar-refractivity contribution is -0.0831. The highest BCUT2D eigenvalue weighted by Crippen LogP contribution is 2.38. The maximum atomic E-state index is 6.20. The van der Waals surface area contributed by atoms with E-state index in [-0.39, 0.29) is 5.60 Å². The fourth-order valence-electron chi connectivity index (χ4n) is 2.73. The number of ether oxygens (including phenoxy) is 1. The minimum absolute atomic E-state index is 0.0588. The average Bonchev–Trinajstić information content (AvgIpc) is 2.73. The Kier molecular flexibility index (Phi) is 3.46. The second-order valence-electron chi connectivity index (χ2n) is 5.10. The predicted octanol–water partition coefficient (Wildman–Crippen LogP) is 4.00. The third kappa shape index (κ3) is 2.14. The molecule has 2 aromatic rings. The van der Waals surface area contributed by atoms with Gasteiger partial charge in [-0.25, -0.2) is 4.98 Å². The molecule has 5 heteroatoms. The van der Waals surface area contributed by atoms with Gasteiger partial charge in [0.05, 0.1) is 28.6 Å². The Morgan fingerprint density at radius 3 is 2.79 bits per heavy atom. The van der Waals surface area contributed by atoms with E-state index in [1.807, 2.05) is 18.2 Å². The molecule has 1 aromatic carbocycles. The Labute approximate surface area is 122 Å². The van der Waals surface area contributed by atoms with Crippen LogP contribution in [0, 0.1) is 0 Å². The summed E-state index contributed by atoms with van der Waals surface area (Å²) in [6.07, 6.45) is 3.40. The number of fused-ring (bicyclic) bond motifs is 1. The van der Waals surface area contributed by atoms with Crippen LogP contribution < -0.4 is 0 Å². The Morgan fingerprint density at radius 2 is 2.21 bits per heavy atom. The molecule has 1 saturated carbocycles. The van der Waals surface area contributed by atoms with Crippen LogP contribution in [0.25, 0.3) is 11.0 Å². The lowest BCUT2D eigenvalue weighted by atomic mass is 9.80. The Balaban J connectivity index is 2.08. The Bertz CT molecular complexity index is 599. The van der Waals surface area contributed by atoms with Crippen molar-refractivity contribution in [2.24, 2.45) is 0 Å². The van der Waals surface area contributed by atoms with Crippen molar-refractivity contribution in [2.45, 2.75) is 37.3 Å². The Hall–Kier alpha value is -0.770. The molecule has 1 aromatic heterocycles. The number of imidazole rings is 1. The van der Waals surface area contributed by atoms with Gasteiger partial charge in [0.2, 0.25) is 0 Å². The number of methoxy groups -OCH3 is 1. The summed E-state index contributed by atoms with van der Waals surface area (Å²) < 4.78 is 7.85. The van der Waals surface area contributed by atoms with Crippen LogP contribution in [-0.2, 0) is 17.2 Å². The summed E-state index contributed by atoms with van der Waals surface area (Å²) in [4.78, 5) is 4.55. The molecule has 3 rings (SSSR count). The lowest BCUT2D eigenvalue weighted by Gasteiger charge is -2.41. The Morgan fingerprint density at radius 1 is 1.42 bits per heavy atom. The minimum atomic E-state index is -0.0588. The molecule has 19 heavy (non-hydrogen) atoms. The number of para-hydroxylation sites is 1. The molecule has 1 heterocycles. The van der Waals surface area contributed by atoms with E-state index in [4.69, 9.17) is 27.9 Å². The van der Waals surface area contributed by atoms with Crippen molar-refractivity contribution in [1.29, 1.82) is 0 Å². The van der Waals surface area contributed by atoms with Crippen LogP contribution >= 0.6 is 23.2 Å². The first-order chi connectivity index (χ1) is 9.19. The van der Waals surface area contributed by atoms with Crippen molar-refractivity contribution in [3.8, 4) is 0 Å². The molecule has 0 atom stereocenters. The SMILES string of the molecule is COC1(Cn2c(CCl)nc3c(Cl)cccc32)CCC1. The molecule has 102 valence electrons. The van der Waals surface area contributed by atoms with Crippen molar-refractivity contribution in [3.63, 3.8) is 0 Å². The number of rotatable bonds is 4. The molecule has 0 bridgehead atoms. The number of benzene rings is 1. The van der Waals surface area contributed by atoms with E-state index >= 15 is 0 Å². The van der Waals surface area contributed by atoms with E-state index in [0.717, 1.165) is 36.2 Å². The van der Waals surface area contributed by atoms with Gasteiger partial charge in [0.25, 0.3) is 0 Å². The van der Waals surface area contributed by atoms with Gasteiger partial charge in [-0.15, -0.1) is 11.6 Å². The van der Waals surface area contributed by atoms with Crippen LogP contribution in [0.4, 0.5) is 0 Å². The maximum Gasteiger partial charge on any atom is 0.125 e. The normalized spacial score (nSPS) is 17.6. The molecule has 3 nitrogen and oxygen atoms in total. The van der Waals surface area contributed by atoms with Crippen molar-refractivity contribution in [3.05, 3.63) is 29.0 Å². The third-order valence-electron chi connectivity index (χ3n) is 4.07. The summed E-state index contributed by atoms with van der Waals surface area (Å²) in [6, 6.07) is 5.84. The first kappa shape index (κ1) is 13.2. The van der Waals surface area contributed by atoms with Gasteiger partial charge in [0.15, 0.2) is 0 Å². The van der Waals surface area contributed by atoms with Crippen molar-refractivity contribution >= 4 is 34.2 Å². The first-order valence-corrected chi connectivity index (χ1v) is 7.35. The van der Waals surface area contributed by atoms with Gasteiger partial charge < -0.3 is 9.30 Å². The smallest absolute Gasteiger partial charge is 0.125 e. The van der Waals surface area contributed by atoms with Crippen LogP contribution in [0.5, 0.6) is 0 Å². The molecular formula is C14H16Cl2N2O. The van der Waals surface area contributed by atoms with E-state index in [1.165, 1.54) is 6.42 Å². The van der Waals surface area contributed by atoms with Crippen molar-refractivity contribution in [2.75, 3.05) is 7.11 Å². The molecule has 1 fully saturated rings. The summed E-state index contributed by atoms with van der Waals surface area (Å²) in [5, 5.41) is 0.669. The van der Waals surface area contributed by atoms with Crippen LogP contribution in [0.3, 0.4) is 0 Å². The van der Waals surface area contributed by atoms with Crippen LogP contribution in [0.1, 0.15) is 25.1 Å². The standard InChI is InChI=1S/C14H16Cl2N2O/c1-19-14(6-3-7-14)9-18-11-5-2-4-10(16)13(11)17-12(18)8-15/h2,4-5H,3,6-9H2,1H3. The fraction of sp³-hybridized carbons (Fsp3) is 0.500. The molecule has 0 aliphatic heterocycles. The number of hydrogen-bond acceptors (Lipinski definition) is 2. The van der Waals surface area contributed by atoms with Gasteiger partial charge in [-0.3, -0.25) is 0 Å². The number of hydrogen-bond donors (Lipinski definition) is 0. The van der Waals surface area contributed by atoms with Gasteiger partial charge in [0.1, 0.15) is 11.3 Å². The molecule has 1 aliphatic carbocycles. The van der Waals surface area contributed by atoms with E-state index in [0.29, 0.717) is 10.9 Å². The largest absolute Gasteiger partial charge is 0.376 e. The topological polar surface area (TPSA) is 27.1 Å². The van der Waals surface area contributed by atoms with E-state index < -0.39 is 0 Å². The third-order valence-corrected chi connectivity index (χ3v) is 4.62. The van der Waals surface area contributed by atoms with Gasteiger partial charge in [-0.05, 0) is 31.4 Å². The lowest BCUT2D eigenvalue weighted by Crippen LogP contribution is -2.43. The zero-order valence-electron chi connectivity index (χ0n) is 10.8. The van der Waals surface area contributed by atoms with Gasteiger partial charge in [-0.1, -0.05) is 17.7 Å². The van der Waals surface area contributed by atoms with Crippen LogP contribution in [0.2, 0.25) is 5.02 Å². The summed E-state index contributed by atoms with van der Waals surface area (Å²) >= 11 is 12.2. The molecule has 0 saturated heterocycles. The van der Waals surface area contributed by atoms with Crippen molar-refractivity contribution in [1.82, 2.24) is 9.55 Å². The summed E-state index contributed by atoms with van der Waals surface area (Å²) in [6.45, 7) is 0.794. The molecule has 0 N–H and O–H groups in total. The first-order valence-electron chi connectivity index (χ1n) is 6.44. The van der Waals surface area contributed by atoms with E-state index in [9.17, 15) is 0 Å². The summed E-state index contributed by atoms with van der Waals surface area (Å²) in [5.74, 6) is 1.23. The number of nitrogens with zero attached hydrogens (tertiary/aromatic N) is 2. The van der Waals surface area contributed by atoms with E-state index in [1.54, 1.807) is 7.11 Å².